The van der Waals surface area contributed by atoms with Crippen molar-refractivity contribution in [2.45, 2.75) is 0 Å². The molecule has 2 aromatic rings. The molecule has 0 amide bonds. The summed E-state index contributed by atoms with van der Waals surface area (Å²) in [6.07, 6.45) is 1.52. The van der Waals surface area contributed by atoms with Crippen molar-refractivity contribution in [3.05, 3.63) is 66.8 Å². The summed E-state index contributed by atoms with van der Waals surface area (Å²) in [6.45, 7) is 0. The number of nitrogens with zero attached hydrogens (tertiary/aromatic N) is 2. The van der Waals surface area contributed by atoms with Crippen molar-refractivity contribution in [3.8, 4) is 11.5 Å². The van der Waals surface area contributed by atoms with E-state index in [9.17, 15) is 14.9 Å². The first-order valence-electron chi connectivity index (χ1n) is 7.72. The summed E-state index contributed by atoms with van der Waals surface area (Å²) in [4.78, 5) is 26.6. The van der Waals surface area contributed by atoms with Gasteiger partial charge in [0.1, 0.15) is 0 Å². The van der Waals surface area contributed by atoms with Crippen molar-refractivity contribution in [1.29, 1.82) is 0 Å². The summed E-state index contributed by atoms with van der Waals surface area (Å²) in [6, 6.07) is 7.21. The van der Waals surface area contributed by atoms with Gasteiger partial charge in [-0.05, 0) is 45.8 Å². The zero-order chi connectivity index (χ0) is 20.4. The number of benzene rings is 2. The zero-order valence-electron chi connectivity index (χ0n) is 14.6. The highest BCUT2D eigenvalue weighted by atomic mass is 79.9. The molecule has 3 rings (SSSR count). The predicted octanol–water partition coefficient (Wildman–Crippen LogP) is 4.37. The molecule has 0 saturated carbocycles. The second-order valence-electron chi connectivity index (χ2n) is 5.50. The molecule has 0 fully saturated rings. The molecule has 0 aromatic heterocycles. The van der Waals surface area contributed by atoms with Crippen molar-refractivity contribution in [2.75, 3.05) is 14.2 Å². The van der Waals surface area contributed by atoms with Gasteiger partial charge in [0, 0.05) is 12.1 Å². The van der Waals surface area contributed by atoms with Gasteiger partial charge in [-0.1, -0.05) is 11.6 Å². The Hall–Kier alpha value is -2.91. The molecule has 144 valence electrons. The molecule has 0 bridgehead atoms. The lowest BCUT2D eigenvalue weighted by atomic mass is 10.1. The van der Waals surface area contributed by atoms with E-state index < -0.39 is 10.9 Å². The fourth-order valence-electron chi connectivity index (χ4n) is 2.49. The van der Waals surface area contributed by atoms with Gasteiger partial charge < -0.3 is 14.2 Å². The highest BCUT2D eigenvalue weighted by Gasteiger charge is 2.26. The van der Waals surface area contributed by atoms with Gasteiger partial charge in [0.05, 0.1) is 34.2 Å². The third-order valence-corrected chi connectivity index (χ3v) is 4.68. The molecule has 0 spiro atoms. The normalized spacial score (nSPS) is 14.6. The van der Waals surface area contributed by atoms with Crippen LogP contribution in [0.15, 0.2) is 45.5 Å². The van der Waals surface area contributed by atoms with Crippen LogP contribution in [0.2, 0.25) is 5.02 Å². The summed E-state index contributed by atoms with van der Waals surface area (Å²) in [5.41, 5.74) is 0.766. The molecule has 2 aromatic carbocycles. The van der Waals surface area contributed by atoms with Gasteiger partial charge in [0.25, 0.3) is 5.69 Å². The Labute approximate surface area is 172 Å². The standard InChI is InChI=1S/C18H12BrClN2O6/c1-26-15-7-9(5-12(19)16(15)27-2)6-14-18(23)28-17(21-14)11-4-3-10(22(24)25)8-13(11)20/h3-8H,1-2H3. The first-order valence-corrected chi connectivity index (χ1v) is 8.89. The van der Waals surface area contributed by atoms with Crippen LogP contribution >= 0.6 is 27.5 Å². The number of hydrogen-bond acceptors (Lipinski definition) is 7. The summed E-state index contributed by atoms with van der Waals surface area (Å²) >= 11 is 9.45. The Bertz CT molecular complexity index is 1050. The lowest BCUT2D eigenvalue weighted by Gasteiger charge is -2.10. The van der Waals surface area contributed by atoms with Crippen molar-refractivity contribution >= 4 is 51.2 Å². The summed E-state index contributed by atoms with van der Waals surface area (Å²) in [5.74, 6) is 0.282. The average Bonchev–Trinajstić information content (AvgIpc) is 3.01. The molecule has 0 aliphatic carbocycles. The SMILES string of the molecule is COc1cc(C=C2N=C(c3ccc([N+](=O)[O-])cc3Cl)OC2=O)cc(Br)c1OC. The number of hydrogen-bond donors (Lipinski definition) is 0. The number of non-ortho nitro benzene ring substituents is 1. The first-order chi connectivity index (χ1) is 13.3. The largest absolute Gasteiger partial charge is 0.493 e. The van der Waals surface area contributed by atoms with Crippen molar-refractivity contribution in [3.63, 3.8) is 0 Å². The maximum atomic E-state index is 12.2. The van der Waals surface area contributed by atoms with E-state index in [4.69, 9.17) is 25.8 Å². The predicted molar refractivity (Wildman–Crippen MR) is 106 cm³/mol. The lowest BCUT2D eigenvalue weighted by molar-refractivity contribution is -0.384. The van der Waals surface area contributed by atoms with Crippen LogP contribution in [0.3, 0.4) is 0 Å². The number of nitro groups is 1. The van der Waals surface area contributed by atoms with Gasteiger partial charge >= 0.3 is 5.97 Å². The Balaban J connectivity index is 1.98. The van der Waals surface area contributed by atoms with Gasteiger partial charge in [-0.3, -0.25) is 10.1 Å². The molecular formula is C18H12BrClN2O6. The number of rotatable bonds is 5. The monoisotopic (exact) mass is 466 g/mol. The number of carbonyl (C=O) groups excluding carboxylic acids is 1. The quantitative estimate of drug-likeness (QED) is 0.280. The molecule has 1 aliphatic heterocycles. The second kappa shape index (κ2) is 7.99. The minimum Gasteiger partial charge on any atom is -0.493 e. The zero-order valence-corrected chi connectivity index (χ0v) is 16.9. The highest BCUT2D eigenvalue weighted by molar-refractivity contribution is 9.10. The topological polar surface area (TPSA) is 100 Å². The van der Waals surface area contributed by atoms with Crippen LogP contribution in [0, 0.1) is 10.1 Å². The van der Waals surface area contributed by atoms with E-state index in [1.807, 2.05) is 0 Å². The van der Waals surface area contributed by atoms with Gasteiger partial charge in [0.15, 0.2) is 17.2 Å². The number of nitro benzene ring substituents is 1. The van der Waals surface area contributed by atoms with Crippen molar-refractivity contribution in [2.24, 2.45) is 4.99 Å². The first kappa shape index (κ1) is 19.8. The van der Waals surface area contributed by atoms with E-state index in [0.717, 1.165) is 0 Å². The molecule has 0 atom stereocenters. The Morgan fingerprint density at radius 3 is 2.61 bits per heavy atom. The van der Waals surface area contributed by atoms with Crippen LogP contribution < -0.4 is 9.47 Å². The number of carbonyl (C=O) groups is 1. The van der Waals surface area contributed by atoms with E-state index in [2.05, 4.69) is 20.9 Å². The molecule has 1 aliphatic rings. The number of halogens is 2. The molecule has 0 saturated heterocycles. The molecule has 0 N–H and O–H groups in total. The van der Waals surface area contributed by atoms with Crippen LogP contribution in [0.25, 0.3) is 6.08 Å². The molecule has 8 nitrogen and oxygen atoms in total. The van der Waals surface area contributed by atoms with Crippen molar-refractivity contribution < 1.29 is 23.9 Å². The van der Waals surface area contributed by atoms with Gasteiger partial charge in [-0.15, -0.1) is 0 Å². The third-order valence-electron chi connectivity index (χ3n) is 3.77. The average molecular weight is 468 g/mol. The van der Waals surface area contributed by atoms with Gasteiger partial charge in [-0.25, -0.2) is 9.79 Å². The van der Waals surface area contributed by atoms with E-state index >= 15 is 0 Å². The van der Waals surface area contributed by atoms with Crippen molar-refractivity contribution in [1.82, 2.24) is 0 Å². The number of esters is 1. The maximum Gasteiger partial charge on any atom is 0.363 e. The third kappa shape index (κ3) is 3.85. The molecule has 10 heteroatoms. The summed E-state index contributed by atoms with van der Waals surface area (Å²) in [7, 11) is 3.01. The van der Waals surface area contributed by atoms with Gasteiger partial charge in [-0.2, -0.15) is 0 Å². The fourth-order valence-corrected chi connectivity index (χ4v) is 3.37. The minimum absolute atomic E-state index is 0.0318. The number of cyclic esters (lactones) is 1. The Morgan fingerprint density at radius 1 is 1.25 bits per heavy atom. The molecule has 0 radical (unpaired) electrons. The number of methoxy groups -OCH3 is 2. The lowest BCUT2D eigenvalue weighted by Crippen LogP contribution is -2.06. The van der Waals surface area contributed by atoms with Crippen LogP contribution in [-0.4, -0.2) is 31.0 Å². The molecule has 0 unspecified atom stereocenters. The molecule has 28 heavy (non-hydrogen) atoms. The van der Waals surface area contributed by atoms with E-state index in [1.165, 1.54) is 38.5 Å². The minimum atomic E-state index is -0.671. The highest BCUT2D eigenvalue weighted by Crippen LogP contribution is 2.37. The second-order valence-corrected chi connectivity index (χ2v) is 6.76. The van der Waals surface area contributed by atoms with Crippen LogP contribution in [0.4, 0.5) is 5.69 Å². The molecular weight excluding hydrogens is 456 g/mol. The molecule has 1 heterocycles. The van der Waals surface area contributed by atoms with Crippen LogP contribution in [0.5, 0.6) is 11.5 Å². The fraction of sp³-hybridized carbons (Fsp3) is 0.111. The van der Waals surface area contributed by atoms with Crippen LogP contribution in [0.1, 0.15) is 11.1 Å². The van der Waals surface area contributed by atoms with E-state index in [0.29, 0.717) is 21.5 Å². The maximum absolute atomic E-state index is 12.2. The van der Waals surface area contributed by atoms with E-state index in [-0.39, 0.29) is 27.9 Å². The Morgan fingerprint density at radius 2 is 2.00 bits per heavy atom. The smallest absolute Gasteiger partial charge is 0.363 e. The Kier molecular flexibility index (Phi) is 5.66. The summed E-state index contributed by atoms with van der Waals surface area (Å²) in [5, 5.41) is 10.9. The number of ether oxygens (including phenoxy) is 3. The number of aliphatic imine (C=N–C) groups is 1. The van der Waals surface area contributed by atoms with E-state index in [1.54, 1.807) is 12.1 Å². The van der Waals surface area contributed by atoms with Gasteiger partial charge in [0.2, 0.25) is 5.90 Å². The summed E-state index contributed by atoms with van der Waals surface area (Å²) < 4.78 is 16.3. The van der Waals surface area contributed by atoms with Crippen LogP contribution in [-0.2, 0) is 9.53 Å².